The normalized spacial score (nSPS) is 12.4. The number of nitrogens with one attached hydrogen (secondary N) is 3. The molecule has 7 nitrogen and oxygen atoms in total. The van der Waals surface area contributed by atoms with Crippen LogP contribution < -0.4 is 15.4 Å². The first-order valence-electron chi connectivity index (χ1n) is 9.81. The van der Waals surface area contributed by atoms with Crippen LogP contribution in [0.1, 0.15) is 43.0 Å². The number of carbonyl (C=O) groups excluding carboxylic acids is 2. The van der Waals surface area contributed by atoms with E-state index >= 15 is 0 Å². The van der Waals surface area contributed by atoms with Gasteiger partial charge in [0.05, 0.1) is 5.75 Å². The molecule has 1 atom stereocenters. The lowest BCUT2D eigenvalue weighted by Crippen LogP contribution is -2.40. The van der Waals surface area contributed by atoms with E-state index in [0.717, 1.165) is 5.56 Å². The molecule has 2 rings (SSSR count). The Balaban J connectivity index is 2.04. The van der Waals surface area contributed by atoms with Gasteiger partial charge in [-0.3, -0.25) is 9.59 Å². The quantitative estimate of drug-likeness (QED) is 0.537. The number of benzene rings is 2. The van der Waals surface area contributed by atoms with Crippen LogP contribution in [0.25, 0.3) is 0 Å². The Bertz CT molecular complexity index is 942. The minimum atomic E-state index is -3.33. The van der Waals surface area contributed by atoms with Gasteiger partial charge in [-0.15, -0.1) is 0 Å². The molecule has 0 aliphatic rings. The van der Waals surface area contributed by atoms with Crippen molar-refractivity contribution >= 4 is 21.8 Å². The highest BCUT2D eigenvalue weighted by Crippen LogP contribution is 2.15. The molecule has 2 aromatic rings. The second kappa shape index (κ2) is 10.9. The molecule has 30 heavy (non-hydrogen) atoms. The highest BCUT2D eigenvalue weighted by molar-refractivity contribution is 7.88. The van der Waals surface area contributed by atoms with E-state index in [1.54, 1.807) is 36.4 Å². The van der Waals surface area contributed by atoms with Gasteiger partial charge in [0.25, 0.3) is 0 Å². The summed E-state index contributed by atoms with van der Waals surface area (Å²) in [7, 11) is -1.96. The fraction of sp³-hybridized carbons (Fsp3) is 0.364. The molecule has 1 unspecified atom stereocenters. The molecule has 0 aliphatic heterocycles. The van der Waals surface area contributed by atoms with Crippen molar-refractivity contribution in [1.29, 1.82) is 0 Å². The van der Waals surface area contributed by atoms with Gasteiger partial charge in [0.15, 0.2) is 0 Å². The van der Waals surface area contributed by atoms with Crippen molar-refractivity contribution in [3.8, 4) is 0 Å². The van der Waals surface area contributed by atoms with E-state index in [9.17, 15) is 18.0 Å². The molecule has 0 bridgehead atoms. The lowest BCUT2D eigenvalue weighted by atomic mass is 10.0. The molecule has 0 saturated carbocycles. The molecule has 0 heterocycles. The maximum atomic E-state index is 12.8. The molecule has 0 radical (unpaired) electrons. The molecule has 0 saturated heterocycles. The average Bonchev–Trinajstić information content (AvgIpc) is 2.71. The van der Waals surface area contributed by atoms with Gasteiger partial charge in [-0.2, -0.15) is 0 Å². The molecule has 0 aliphatic carbocycles. The van der Waals surface area contributed by atoms with Crippen LogP contribution in [0, 0.1) is 5.92 Å². The van der Waals surface area contributed by atoms with E-state index in [2.05, 4.69) is 15.4 Å². The third kappa shape index (κ3) is 7.61. The van der Waals surface area contributed by atoms with E-state index in [-0.39, 0.29) is 30.0 Å². The zero-order valence-corrected chi connectivity index (χ0v) is 18.3. The molecule has 0 aromatic heterocycles. The van der Waals surface area contributed by atoms with Gasteiger partial charge >= 0.3 is 0 Å². The van der Waals surface area contributed by atoms with Gasteiger partial charge < -0.3 is 10.6 Å². The zero-order chi connectivity index (χ0) is 22.1. The van der Waals surface area contributed by atoms with Crippen molar-refractivity contribution in [2.45, 2.75) is 38.6 Å². The summed E-state index contributed by atoms with van der Waals surface area (Å²) in [6.07, 6.45) is 0.341. The van der Waals surface area contributed by atoms with Crippen molar-refractivity contribution < 1.29 is 18.0 Å². The Morgan fingerprint density at radius 3 is 2.10 bits per heavy atom. The summed E-state index contributed by atoms with van der Waals surface area (Å²) in [5, 5.41) is 5.67. The van der Waals surface area contributed by atoms with Crippen molar-refractivity contribution in [3.63, 3.8) is 0 Å². The lowest BCUT2D eigenvalue weighted by Gasteiger charge is -2.19. The van der Waals surface area contributed by atoms with Crippen LogP contribution >= 0.6 is 0 Å². The van der Waals surface area contributed by atoms with Gasteiger partial charge in [-0.25, -0.2) is 13.1 Å². The molecule has 0 fully saturated rings. The van der Waals surface area contributed by atoms with Crippen molar-refractivity contribution in [2.24, 2.45) is 5.92 Å². The van der Waals surface area contributed by atoms with Gasteiger partial charge in [0.2, 0.25) is 21.8 Å². The highest BCUT2D eigenvalue weighted by Gasteiger charge is 2.22. The summed E-state index contributed by atoms with van der Waals surface area (Å²) in [5.41, 5.74) is 2.19. The Labute approximate surface area is 178 Å². The van der Waals surface area contributed by atoms with Crippen molar-refractivity contribution in [2.75, 3.05) is 7.05 Å². The molecule has 2 amide bonds. The monoisotopic (exact) mass is 431 g/mol. The first-order valence-corrected chi connectivity index (χ1v) is 11.5. The summed E-state index contributed by atoms with van der Waals surface area (Å²) in [5.74, 6) is -0.396. The Hall–Kier alpha value is -2.71. The third-order valence-electron chi connectivity index (χ3n) is 4.45. The Kier molecular flexibility index (Phi) is 8.56. The van der Waals surface area contributed by atoms with E-state index in [1.165, 1.54) is 7.05 Å². The molecular formula is C22H29N3O4S. The lowest BCUT2D eigenvalue weighted by molar-refractivity contribution is -0.129. The summed E-state index contributed by atoms with van der Waals surface area (Å²) < 4.78 is 25.5. The Morgan fingerprint density at radius 1 is 0.933 bits per heavy atom. The van der Waals surface area contributed by atoms with Crippen LogP contribution in [0.4, 0.5) is 0 Å². The minimum absolute atomic E-state index is 0.103. The van der Waals surface area contributed by atoms with Gasteiger partial charge in [-0.1, -0.05) is 68.4 Å². The molecule has 162 valence electrons. The molecule has 0 spiro atoms. The maximum Gasteiger partial charge on any atom is 0.247 e. The SMILES string of the molecule is CNS(=O)(=O)Cc1ccc(CNC(=O)C(NC(=O)CC(C)C)c2ccccc2)cc1. The smallest absolute Gasteiger partial charge is 0.247 e. The summed E-state index contributed by atoms with van der Waals surface area (Å²) >= 11 is 0. The number of amides is 2. The van der Waals surface area contributed by atoms with Crippen LogP contribution in [0.5, 0.6) is 0 Å². The average molecular weight is 432 g/mol. The topological polar surface area (TPSA) is 104 Å². The summed E-state index contributed by atoms with van der Waals surface area (Å²) in [6.45, 7) is 4.16. The predicted octanol–water partition coefficient (Wildman–Crippen LogP) is 2.26. The standard InChI is InChI=1S/C22H29N3O4S/c1-16(2)13-20(26)25-21(19-7-5-4-6-8-19)22(27)24-14-17-9-11-18(12-10-17)15-30(28,29)23-3/h4-12,16,21,23H,13-15H2,1-3H3,(H,24,27)(H,25,26). The van der Waals surface area contributed by atoms with Crippen LogP contribution in [-0.2, 0) is 31.9 Å². The number of carbonyl (C=O) groups is 2. The third-order valence-corrected chi connectivity index (χ3v) is 5.79. The number of hydrogen-bond acceptors (Lipinski definition) is 4. The number of rotatable bonds is 10. The first kappa shape index (κ1) is 23.6. The van der Waals surface area contributed by atoms with Crippen molar-refractivity contribution in [3.05, 3.63) is 71.3 Å². The molecule has 8 heteroatoms. The van der Waals surface area contributed by atoms with Crippen LogP contribution in [-0.4, -0.2) is 27.3 Å². The molecule has 3 N–H and O–H groups in total. The van der Waals surface area contributed by atoms with Gasteiger partial charge in [0, 0.05) is 13.0 Å². The number of sulfonamides is 1. The Morgan fingerprint density at radius 2 is 1.53 bits per heavy atom. The molecular weight excluding hydrogens is 402 g/mol. The van der Waals surface area contributed by atoms with E-state index < -0.39 is 16.1 Å². The zero-order valence-electron chi connectivity index (χ0n) is 17.5. The highest BCUT2D eigenvalue weighted by atomic mass is 32.2. The predicted molar refractivity (Wildman–Crippen MR) is 117 cm³/mol. The van der Waals surface area contributed by atoms with E-state index in [0.29, 0.717) is 17.5 Å². The summed E-state index contributed by atoms with van der Waals surface area (Å²) in [6, 6.07) is 15.3. The fourth-order valence-corrected chi connectivity index (χ4v) is 3.65. The second-order valence-electron chi connectivity index (χ2n) is 7.51. The van der Waals surface area contributed by atoms with Crippen LogP contribution in [0.3, 0.4) is 0 Å². The number of hydrogen-bond donors (Lipinski definition) is 3. The molecule has 2 aromatic carbocycles. The maximum absolute atomic E-state index is 12.8. The van der Waals surface area contributed by atoms with Crippen LogP contribution in [0.15, 0.2) is 54.6 Å². The minimum Gasteiger partial charge on any atom is -0.350 e. The van der Waals surface area contributed by atoms with E-state index in [1.807, 2.05) is 32.0 Å². The first-order chi connectivity index (χ1) is 14.2. The van der Waals surface area contributed by atoms with Gasteiger partial charge in [0.1, 0.15) is 6.04 Å². The van der Waals surface area contributed by atoms with E-state index in [4.69, 9.17) is 0 Å². The van der Waals surface area contributed by atoms with Crippen molar-refractivity contribution in [1.82, 2.24) is 15.4 Å². The fourth-order valence-electron chi connectivity index (χ4n) is 2.87. The van der Waals surface area contributed by atoms with Crippen LogP contribution in [0.2, 0.25) is 0 Å². The van der Waals surface area contributed by atoms with Gasteiger partial charge in [-0.05, 0) is 29.7 Å². The largest absolute Gasteiger partial charge is 0.350 e. The summed E-state index contributed by atoms with van der Waals surface area (Å²) in [4.78, 5) is 25.1. The second-order valence-corrected chi connectivity index (χ2v) is 9.43.